The molecule has 0 saturated heterocycles. The van der Waals surface area contributed by atoms with Gasteiger partial charge in [0.1, 0.15) is 6.61 Å². The molecular formula is C25H21BrClNO4. The summed E-state index contributed by atoms with van der Waals surface area (Å²) < 4.78 is 6.37. The second-order valence-corrected chi connectivity index (χ2v) is 9.19. The molecule has 5 nitrogen and oxygen atoms in total. The molecule has 1 unspecified atom stereocenters. The molecule has 1 aliphatic rings. The molecule has 0 fully saturated rings. The lowest BCUT2D eigenvalue weighted by Crippen LogP contribution is -2.51. The van der Waals surface area contributed by atoms with Gasteiger partial charge in [0.25, 0.3) is 0 Å². The van der Waals surface area contributed by atoms with Crippen molar-refractivity contribution in [1.82, 2.24) is 4.90 Å². The van der Waals surface area contributed by atoms with Crippen molar-refractivity contribution in [3.63, 3.8) is 0 Å². The van der Waals surface area contributed by atoms with Crippen LogP contribution in [-0.2, 0) is 15.1 Å². The average Bonchev–Trinajstić information content (AvgIpc) is 3.10. The molecule has 1 amide bonds. The van der Waals surface area contributed by atoms with Gasteiger partial charge in [-0.25, -0.2) is 9.59 Å². The van der Waals surface area contributed by atoms with Gasteiger partial charge in [-0.05, 0) is 41.3 Å². The van der Waals surface area contributed by atoms with Crippen LogP contribution in [-0.4, -0.2) is 35.7 Å². The Labute approximate surface area is 199 Å². The number of carboxylic acids is 1. The molecule has 0 aliphatic heterocycles. The quantitative estimate of drug-likeness (QED) is 0.435. The molecular weight excluding hydrogens is 494 g/mol. The third-order valence-electron chi connectivity index (χ3n) is 6.15. The lowest BCUT2D eigenvalue weighted by atomic mass is 9.90. The van der Waals surface area contributed by atoms with Gasteiger partial charge >= 0.3 is 12.1 Å². The van der Waals surface area contributed by atoms with E-state index in [1.165, 1.54) is 14.0 Å². The number of aliphatic carboxylic acids is 1. The molecule has 164 valence electrons. The summed E-state index contributed by atoms with van der Waals surface area (Å²) in [5.41, 5.74) is 3.00. The highest BCUT2D eigenvalue weighted by Gasteiger charge is 2.44. The van der Waals surface area contributed by atoms with Crippen LogP contribution >= 0.6 is 27.5 Å². The van der Waals surface area contributed by atoms with Crippen LogP contribution in [0.15, 0.2) is 71.2 Å². The van der Waals surface area contributed by atoms with Crippen molar-refractivity contribution in [1.29, 1.82) is 0 Å². The molecule has 0 radical (unpaired) electrons. The van der Waals surface area contributed by atoms with Gasteiger partial charge in [-0.3, -0.25) is 4.90 Å². The van der Waals surface area contributed by atoms with Gasteiger partial charge in [-0.15, -0.1) is 0 Å². The molecule has 0 bridgehead atoms. The molecule has 4 rings (SSSR count). The molecule has 3 aromatic carbocycles. The predicted octanol–water partition coefficient (Wildman–Crippen LogP) is 6.28. The topological polar surface area (TPSA) is 66.8 Å². The first-order chi connectivity index (χ1) is 15.2. The third-order valence-corrected chi connectivity index (χ3v) is 6.96. The Kier molecular flexibility index (Phi) is 6.01. The molecule has 0 saturated carbocycles. The summed E-state index contributed by atoms with van der Waals surface area (Å²) in [6.45, 7) is 1.53. The zero-order valence-electron chi connectivity index (χ0n) is 17.5. The highest BCUT2D eigenvalue weighted by molar-refractivity contribution is 9.10. The van der Waals surface area contributed by atoms with Gasteiger partial charge in [0, 0.05) is 28.0 Å². The molecule has 3 aromatic rings. The number of carbonyl (C=O) groups excluding carboxylic acids is 1. The maximum Gasteiger partial charge on any atom is 0.410 e. The number of carboxylic acid groups (broad SMARTS) is 1. The number of hydrogen-bond donors (Lipinski definition) is 1. The van der Waals surface area contributed by atoms with E-state index in [9.17, 15) is 14.7 Å². The van der Waals surface area contributed by atoms with Gasteiger partial charge in [0.05, 0.1) is 0 Å². The maximum absolute atomic E-state index is 13.0. The van der Waals surface area contributed by atoms with Crippen LogP contribution in [0.25, 0.3) is 11.1 Å². The molecule has 1 N–H and O–H groups in total. The standard InChI is InChI=1S/C25H21BrClNO4/c1-25(23(29)30,21-12-11-15(26)13-22(21)27)28(2)24(31)32-14-20-18-9-5-3-7-16(18)17-8-4-6-10-19(17)20/h3-13,20H,14H2,1-2H3,(H,29,30). The highest BCUT2D eigenvalue weighted by atomic mass is 79.9. The molecule has 1 atom stereocenters. The number of fused-ring (bicyclic) bond motifs is 3. The van der Waals surface area contributed by atoms with E-state index in [0.717, 1.165) is 27.2 Å². The summed E-state index contributed by atoms with van der Waals surface area (Å²) in [5.74, 6) is -1.33. The molecule has 1 aliphatic carbocycles. The average molecular weight is 515 g/mol. The first-order valence-corrected chi connectivity index (χ1v) is 11.2. The minimum atomic E-state index is -1.71. The van der Waals surface area contributed by atoms with Crippen molar-refractivity contribution in [3.8, 4) is 11.1 Å². The van der Waals surface area contributed by atoms with Crippen LogP contribution in [0.4, 0.5) is 4.79 Å². The Balaban J connectivity index is 1.59. The van der Waals surface area contributed by atoms with E-state index < -0.39 is 17.6 Å². The Hall–Kier alpha value is -2.83. The Bertz CT molecular complexity index is 1170. The Morgan fingerprint density at radius 3 is 2.16 bits per heavy atom. The van der Waals surface area contributed by atoms with Crippen LogP contribution in [0, 0.1) is 0 Å². The minimum absolute atomic E-state index is 0.0982. The van der Waals surface area contributed by atoms with Gasteiger partial charge in [-0.1, -0.05) is 82.1 Å². The number of hydrogen-bond acceptors (Lipinski definition) is 3. The predicted molar refractivity (Wildman–Crippen MR) is 127 cm³/mol. The van der Waals surface area contributed by atoms with Crippen molar-refractivity contribution in [3.05, 3.63) is 92.9 Å². The largest absolute Gasteiger partial charge is 0.479 e. The fourth-order valence-electron chi connectivity index (χ4n) is 4.20. The number of amides is 1. The van der Waals surface area contributed by atoms with Gasteiger partial charge < -0.3 is 9.84 Å². The van der Waals surface area contributed by atoms with Crippen molar-refractivity contribution in [2.45, 2.75) is 18.4 Å². The summed E-state index contributed by atoms with van der Waals surface area (Å²) in [6.07, 6.45) is -0.740. The minimum Gasteiger partial charge on any atom is -0.479 e. The number of ether oxygens (including phenoxy) is 1. The SMILES string of the molecule is CN(C(=O)OCC1c2ccccc2-c2ccccc21)C(C)(C(=O)O)c1ccc(Br)cc1Cl. The van der Waals surface area contributed by atoms with E-state index in [4.69, 9.17) is 16.3 Å². The maximum atomic E-state index is 13.0. The van der Waals surface area contributed by atoms with Crippen LogP contribution in [0.5, 0.6) is 0 Å². The monoisotopic (exact) mass is 513 g/mol. The Morgan fingerprint density at radius 1 is 1.06 bits per heavy atom. The molecule has 32 heavy (non-hydrogen) atoms. The van der Waals surface area contributed by atoms with Gasteiger partial charge in [0.2, 0.25) is 0 Å². The third kappa shape index (κ3) is 3.67. The number of halogens is 2. The van der Waals surface area contributed by atoms with E-state index in [1.54, 1.807) is 18.2 Å². The van der Waals surface area contributed by atoms with Crippen molar-refractivity contribution in [2.24, 2.45) is 0 Å². The molecule has 7 heteroatoms. The van der Waals surface area contributed by atoms with Gasteiger partial charge in [0.15, 0.2) is 5.54 Å². The van der Waals surface area contributed by atoms with E-state index in [0.29, 0.717) is 10.0 Å². The van der Waals surface area contributed by atoms with Crippen LogP contribution in [0.3, 0.4) is 0 Å². The normalized spacial score (nSPS) is 14.2. The summed E-state index contributed by atoms with van der Waals surface area (Å²) in [5, 5.41) is 10.3. The number of carbonyl (C=O) groups is 2. The number of rotatable bonds is 5. The number of benzene rings is 3. The lowest BCUT2D eigenvalue weighted by molar-refractivity contribution is -0.149. The second-order valence-electron chi connectivity index (χ2n) is 7.86. The summed E-state index contributed by atoms with van der Waals surface area (Å²) >= 11 is 9.65. The fraction of sp³-hybridized carbons (Fsp3) is 0.200. The van der Waals surface area contributed by atoms with Crippen molar-refractivity contribution < 1.29 is 19.4 Å². The zero-order chi connectivity index (χ0) is 23.0. The van der Waals surface area contributed by atoms with Gasteiger partial charge in [-0.2, -0.15) is 0 Å². The molecule has 0 spiro atoms. The van der Waals surface area contributed by atoms with E-state index in [1.807, 2.05) is 36.4 Å². The first-order valence-electron chi connectivity index (χ1n) is 10.0. The first kappa shape index (κ1) is 22.4. The van der Waals surface area contributed by atoms with E-state index in [-0.39, 0.29) is 17.5 Å². The van der Waals surface area contributed by atoms with E-state index >= 15 is 0 Å². The summed E-state index contributed by atoms with van der Waals surface area (Å²) in [7, 11) is 1.41. The van der Waals surface area contributed by atoms with Crippen molar-refractivity contribution in [2.75, 3.05) is 13.7 Å². The van der Waals surface area contributed by atoms with Crippen LogP contribution in [0.1, 0.15) is 29.5 Å². The second kappa shape index (κ2) is 8.60. The highest BCUT2D eigenvalue weighted by Crippen LogP contribution is 2.44. The number of nitrogens with zero attached hydrogens (tertiary/aromatic N) is 1. The van der Waals surface area contributed by atoms with Crippen LogP contribution in [0.2, 0.25) is 5.02 Å². The fourth-order valence-corrected chi connectivity index (χ4v) is 5.05. The van der Waals surface area contributed by atoms with Crippen molar-refractivity contribution >= 4 is 39.6 Å². The molecule has 0 aromatic heterocycles. The zero-order valence-corrected chi connectivity index (χ0v) is 19.9. The van der Waals surface area contributed by atoms with Crippen LogP contribution < -0.4 is 0 Å². The number of likely N-dealkylation sites (N-methyl/N-ethyl adjacent to an activating group) is 1. The molecule has 0 heterocycles. The lowest BCUT2D eigenvalue weighted by Gasteiger charge is -2.35. The summed E-state index contributed by atoms with van der Waals surface area (Å²) in [4.78, 5) is 26.4. The smallest absolute Gasteiger partial charge is 0.410 e. The van der Waals surface area contributed by atoms with E-state index in [2.05, 4.69) is 28.1 Å². The Morgan fingerprint density at radius 2 is 1.62 bits per heavy atom. The summed E-state index contributed by atoms with van der Waals surface area (Å²) in [6, 6.07) is 20.9.